The number of carbonyl (C=O) groups is 2. The molecule has 0 aromatic carbocycles. The van der Waals surface area contributed by atoms with Crippen LogP contribution in [0, 0.1) is 0 Å². The number of amides is 1. The van der Waals surface area contributed by atoms with Crippen molar-refractivity contribution >= 4 is 19.7 Å². The first-order chi connectivity index (χ1) is 37.9. The molecule has 0 aliphatic carbocycles. The zero-order chi connectivity index (χ0) is 57.2. The summed E-state index contributed by atoms with van der Waals surface area (Å²) in [6.07, 6.45) is 76.6. The Balaban J connectivity index is 5.21. The molecule has 0 spiro atoms. The van der Waals surface area contributed by atoms with Crippen molar-refractivity contribution < 1.29 is 37.3 Å². The highest BCUT2D eigenvalue weighted by Gasteiger charge is 2.27. The Hall–Kier alpha value is -3.07. The molecule has 0 bridgehead atoms. The maximum Gasteiger partial charge on any atom is 0.306 e. The Morgan fingerprint density at radius 3 is 1.26 bits per heavy atom. The number of ether oxygens (including phenoxy) is 1. The molecule has 0 aliphatic rings. The molecule has 3 atom stereocenters. The lowest BCUT2D eigenvalue weighted by Gasteiger charge is -2.30. The maximum atomic E-state index is 13.5. The van der Waals surface area contributed by atoms with Gasteiger partial charge in [-0.1, -0.05) is 247 Å². The second-order valence-corrected chi connectivity index (χ2v) is 23.9. The maximum absolute atomic E-state index is 13.5. The van der Waals surface area contributed by atoms with E-state index in [1.54, 1.807) is 0 Å². The van der Waals surface area contributed by atoms with Gasteiger partial charge in [-0.15, -0.1) is 0 Å². The van der Waals surface area contributed by atoms with Crippen LogP contribution in [0.5, 0.6) is 0 Å². The van der Waals surface area contributed by atoms with Gasteiger partial charge < -0.3 is 28.5 Å². The minimum atomic E-state index is -4.71. The quantitative estimate of drug-likeness (QED) is 0.0212. The van der Waals surface area contributed by atoms with Crippen LogP contribution in [0.3, 0.4) is 0 Å². The van der Waals surface area contributed by atoms with Gasteiger partial charge in [0.15, 0.2) is 0 Å². The van der Waals surface area contributed by atoms with E-state index in [4.69, 9.17) is 13.8 Å². The molecule has 0 saturated heterocycles. The van der Waals surface area contributed by atoms with E-state index in [0.29, 0.717) is 23.9 Å². The molecule has 0 radical (unpaired) electrons. The second kappa shape index (κ2) is 57.2. The number of likely N-dealkylation sites (N-methyl/N-ethyl adjacent to an activating group) is 1. The SMILES string of the molecule is CC/C=C\C/C=C\C/C=C\C/C=C\C/C=C\C/C=C\CCCCCCCCC(=O)OC(/C=C\CCCCCCCCCCCC)C(COP(=O)([O-])OCC[N+](C)(C)C)NC(=O)CCCCCCCCC/C=C\CCCCCC. The van der Waals surface area contributed by atoms with Crippen LogP contribution in [0.15, 0.2) is 97.2 Å². The Morgan fingerprint density at radius 1 is 0.462 bits per heavy atom. The predicted octanol–water partition coefficient (Wildman–Crippen LogP) is 19.3. The van der Waals surface area contributed by atoms with Crippen molar-refractivity contribution in [2.24, 2.45) is 0 Å². The van der Waals surface area contributed by atoms with Crippen molar-refractivity contribution in [2.75, 3.05) is 40.9 Å². The van der Waals surface area contributed by atoms with Crippen LogP contribution in [-0.4, -0.2) is 69.4 Å². The van der Waals surface area contributed by atoms with Crippen molar-refractivity contribution in [3.05, 3.63) is 97.2 Å². The van der Waals surface area contributed by atoms with Gasteiger partial charge in [-0.3, -0.25) is 14.2 Å². The summed E-state index contributed by atoms with van der Waals surface area (Å²) in [5.74, 6) is -0.565. The van der Waals surface area contributed by atoms with Crippen LogP contribution in [0.4, 0.5) is 0 Å². The smallest absolute Gasteiger partial charge is 0.306 e. The fourth-order valence-electron chi connectivity index (χ4n) is 8.81. The topological polar surface area (TPSA) is 114 Å². The fourth-order valence-corrected chi connectivity index (χ4v) is 9.54. The van der Waals surface area contributed by atoms with Crippen LogP contribution in [0.25, 0.3) is 0 Å². The Labute approximate surface area is 481 Å². The summed E-state index contributed by atoms with van der Waals surface area (Å²) < 4.78 is 30.3. The molecule has 0 aromatic rings. The lowest BCUT2D eigenvalue weighted by Crippen LogP contribution is -2.47. The Bertz CT molecular complexity index is 1660. The normalized spacial score (nSPS) is 14.3. The third-order valence-corrected chi connectivity index (χ3v) is 14.7. The second-order valence-electron chi connectivity index (χ2n) is 22.5. The Morgan fingerprint density at radius 2 is 0.821 bits per heavy atom. The van der Waals surface area contributed by atoms with Gasteiger partial charge in [-0.25, -0.2) is 0 Å². The van der Waals surface area contributed by atoms with E-state index in [0.717, 1.165) is 128 Å². The summed E-state index contributed by atoms with van der Waals surface area (Å²) in [5, 5.41) is 3.02. The molecule has 450 valence electrons. The summed E-state index contributed by atoms with van der Waals surface area (Å²) in [5.41, 5.74) is 0. The summed E-state index contributed by atoms with van der Waals surface area (Å²) in [6.45, 7) is 6.70. The third kappa shape index (κ3) is 57.6. The molecule has 0 aromatic heterocycles. The molecule has 0 heterocycles. The van der Waals surface area contributed by atoms with Gasteiger partial charge in [-0.05, 0) is 109 Å². The number of allylic oxidation sites excluding steroid dienone is 15. The molecule has 78 heavy (non-hydrogen) atoms. The van der Waals surface area contributed by atoms with E-state index in [1.165, 1.54) is 103 Å². The molecule has 0 saturated carbocycles. The number of phosphoric acid groups is 1. The number of phosphoric ester groups is 1. The molecule has 1 amide bonds. The summed E-state index contributed by atoms with van der Waals surface area (Å²) in [6, 6.07) is -0.902. The zero-order valence-electron chi connectivity index (χ0n) is 51.3. The number of unbranched alkanes of at least 4 members (excludes halogenated alkanes) is 27. The molecule has 0 rings (SSSR count). The van der Waals surface area contributed by atoms with Gasteiger partial charge in [0.1, 0.15) is 19.3 Å². The van der Waals surface area contributed by atoms with Crippen molar-refractivity contribution in [3.8, 4) is 0 Å². The predicted molar refractivity (Wildman–Crippen MR) is 334 cm³/mol. The first-order valence-corrected chi connectivity index (χ1v) is 33.5. The molecule has 0 aliphatic heterocycles. The average Bonchev–Trinajstić information content (AvgIpc) is 3.40. The number of hydrogen-bond donors (Lipinski definition) is 1. The van der Waals surface area contributed by atoms with Crippen LogP contribution in [-0.2, 0) is 27.9 Å². The van der Waals surface area contributed by atoms with Crippen molar-refractivity contribution in [1.82, 2.24) is 5.32 Å². The van der Waals surface area contributed by atoms with Gasteiger partial charge in [0, 0.05) is 12.8 Å². The van der Waals surface area contributed by atoms with E-state index >= 15 is 0 Å². The monoisotopic (exact) mass is 1110 g/mol. The van der Waals surface area contributed by atoms with Crippen LogP contribution in [0.1, 0.15) is 271 Å². The first-order valence-electron chi connectivity index (χ1n) is 32.0. The van der Waals surface area contributed by atoms with Gasteiger partial charge in [0.2, 0.25) is 5.91 Å². The number of nitrogens with zero attached hydrogens (tertiary/aromatic N) is 1. The largest absolute Gasteiger partial charge is 0.756 e. The van der Waals surface area contributed by atoms with E-state index in [9.17, 15) is 19.0 Å². The lowest BCUT2D eigenvalue weighted by atomic mass is 10.0. The molecular formula is C68H121N2O7P. The molecule has 9 nitrogen and oxygen atoms in total. The van der Waals surface area contributed by atoms with Crippen molar-refractivity contribution in [1.29, 1.82) is 0 Å². The van der Waals surface area contributed by atoms with Crippen molar-refractivity contribution in [3.63, 3.8) is 0 Å². The highest BCUT2D eigenvalue weighted by molar-refractivity contribution is 7.45. The highest BCUT2D eigenvalue weighted by Crippen LogP contribution is 2.38. The number of hydrogen-bond acceptors (Lipinski definition) is 7. The van der Waals surface area contributed by atoms with Crippen LogP contribution < -0.4 is 10.2 Å². The number of esters is 1. The van der Waals surface area contributed by atoms with Crippen LogP contribution in [0.2, 0.25) is 0 Å². The first kappa shape index (κ1) is 74.9. The van der Waals surface area contributed by atoms with E-state index in [2.05, 4.69) is 111 Å². The standard InChI is InChI=1S/C68H121N2O7P/c1-7-10-13-16-19-22-25-28-30-31-32-33-34-35-36-37-38-39-41-43-46-49-52-55-58-61-68(72)77-66(59-56-53-50-47-44-27-24-21-18-15-12-9-3)65(64-76-78(73,74)75-63-62-70(4,5)6)69-67(71)60-57-54-51-48-45-42-40-29-26-23-20-17-14-11-8-2/h10,13,19,22-23,26,28,30,32-33,35-36,38-39,56,59,65-66H,7-9,11-12,14-18,20-21,24-25,27,29,31,34,37,40-55,57-58,60-64H2,1-6H3,(H-,69,71,73,74)/b13-10-,22-19-,26-23-,30-28-,33-32-,36-35-,39-38-,59-56-. The molecule has 0 fully saturated rings. The number of nitrogens with one attached hydrogen (secondary N) is 1. The molecule has 1 N–H and O–H groups in total. The van der Waals surface area contributed by atoms with Gasteiger partial charge in [-0.2, -0.15) is 0 Å². The average molecular weight is 1110 g/mol. The minimum Gasteiger partial charge on any atom is -0.756 e. The van der Waals surface area contributed by atoms with Gasteiger partial charge in [0.05, 0.1) is 33.8 Å². The fraction of sp³-hybridized carbons (Fsp3) is 0.735. The number of rotatable bonds is 57. The van der Waals surface area contributed by atoms with E-state index in [1.807, 2.05) is 33.3 Å². The number of carbonyl (C=O) groups excluding carboxylic acids is 2. The third-order valence-electron chi connectivity index (χ3n) is 13.7. The minimum absolute atomic E-state index is 0.0296. The molecule has 10 heteroatoms. The lowest BCUT2D eigenvalue weighted by molar-refractivity contribution is -0.870. The van der Waals surface area contributed by atoms with Gasteiger partial charge >= 0.3 is 5.97 Å². The van der Waals surface area contributed by atoms with Crippen molar-refractivity contribution in [2.45, 2.75) is 283 Å². The van der Waals surface area contributed by atoms with Gasteiger partial charge in [0.25, 0.3) is 7.82 Å². The highest BCUT2D eigenvalue weighted by atomic mass is 31.2. The zero-order valence-corrected chi connectivity index (χ0v) is 52.2. The Kier molecular flexibility index (Phi) is 54.9. The summed E-state index contributed by atoms with van der Waals surface area (Å²) >= 11 is 0. The van der Waals surface area contributed by atoms with E-state index < -0.39 is 26.6 Å². The summed E-state index contributed by atoms with van der Waals surface area (Å²) in [4.78, 5) is 40.0. The molecular weight excluding hydrogens is 988 g/mol. The van der Waals surface area contributed by atoms with Crippen LogP contribution >= 0.6 is 7.82 Å². The number of quaternary nitrogens is 1. The molecule has 3 unspecified atom stereocenters. The van der Waals surface area contributed by atoms with E-state index in [-0.39, 0.29) is 24.9 Å². The summed E-state index contributed by atoms with van der Waals surface area (Å²) in [7, 11) is 1.16.